The van der Waals surface area contributed by atoms with Crippen LogP contribution in [0.3, 0.4) is 0 Å². The topological polar surface area (TPSA) is 43.6 Å². The lowest BCUT2D eigenvalue weighted by atomic mass is 10.2. The quantitative estimate of drug-likeness (QED) is 0.627. The molecule has 0 aromatic carbocycles. The first-order valence-electron chi connectivity index (χ1n) is 7.22. The van der Waals surface area contributed by atoms with Gasteiger partial charge in [0.2, 0.25) is 0 Å². The zero-order chi connectivity index (χ0) is 13.9. The first kappa shape index (κ1) is 16.2. The minimum absolute atomic E-state index is 0.518. The number of unbranched alkanes of at least 4 members (excludes halogenated alkanes) is 1. The minimum Gasteiger partial charge on any atom is -0.462 e. The van der Waals surface area contributed by atoms with Crippen molar-refractivity contribution in [3.63, 3.8) is 0 Å². The number of furan rings is 1. The second kappa shape index (κ2) is 10.0. The van der Waals surface area contributed by atoms with Gasteiger partial charge in [0.25, 0.3) is 0 Å². The van der Waals surface area contributed by atoms with E-state index in [0.717, 1.165) is 37.6 Å². The van der Waals surface area contributed by atoms with Crippen molar-refractivity contribution in [3.05, 3.63) is 23.2 Å². The molecule has 0 atom stereocenters. The highest BCUT2D eigenvalue weighted by Crippen LogP contribution is 2.15. The molecule has 0 amide bonds. The van der Waals surface area contributed by atoms with Crippen molar-refractivity contribution in [2.45, 2.75) is 46.8 Å². The average Bonchev–Trinajstić information content (AvgIpc) is 2.76. The summed E-state index contributed by atoms with van der Waals surface area (Å²) in [5.41, 5.74) is 1.18. The number of hydrogen-bond donors (Lipinski definition) is 1. The van der Waals surface area contributed by atoms with Gasteiger partial charge >= 0.3 is 0 Å². The third-order valence-electron chi connectivity index (χ3n) is 2.87. The molecule has 0 spiro atoms. The van der Waals surface area contributed by atoms with Gasteiger partial charge in [0.05, 0.1) is 19.8 Å². The van der Waals surface area contributed by atoms with E-state index in [0.29, 0.717) is 19.8 Å². The molecule has 1 aromatic rings. The molecule has 0 radical (unpaired) electrons. The van der Waals surface area contributed by atoms with Crippen LogP contribution in [-0.2, 0) is 22.6 Å². The van der Waals surface area contributed by atoms with Crippen molar-refractivity contribution >= 4 is 0 Å². The molecule has 0 saturated heterocycles. The lowest BCUT2D eigenvalue weighted by Gasteiger charge is -2.04. The average molecular weight is 269 g/mol. The van der Waals surface area contributed by atoms with Crippen LogP contribution in [0.4, 0.5) is 0 Å². The van der Waals surface area contributed by atoms with Gasteiger partial charge in [-0.05, 0) is 31.5 Å². The van der Waals surface area contributed by atoms with Crippen molar-refractivity contribution in [2.24, 2.45) is 0 Å². The standard InChI is InChI=1S/C15H27NO3/c1-4-6-7-17-8-9-18-12-14-10-13(3)15(19-14)11-16-5-2/h10,16H,4-9,11-12H2,1-3H3. The molecule has 0 fully saturated rings. The van der Waals surface area contributed by atoms with Crippen molar-refractivity contribution in [2.75, 3.05) is 26.4 Å². The van der Waals surface area contributed by atoms with Gasteiger partial charge in [-0.3, -0.25) is 0 Å². The lowest BCUT2D eigenvalue weighted by molar-refractivity contribution is 0.0336. The van der Waals surface area contributed by atoms with Crippen LogP contribution in [0, 0.1) is 6.92 Å². The maximum Gasteiger partial charge on any atom is 0.130 e. The number of hydrogen-bond acceptors (Lipinski definition) is 4. The van der Waals surface area contributed by atoms with Crippen molar-refractivity contribution in [1.29, 1.82) is 0 Å². The summed E-state index contributed by atoms with van der Waals surface area (Å²) in [4.78, 5) is 0. The van der Waals surface area contributed by atoms with Gasteiger partial charge in [0.15, 0.2) is 0 Å². The van der Waals surface area contributed by atoms with Crippen molar-refractivity contribution in [1.82, 2.24) is 5.32 Å². The van der Waals surface area contributed by atoms with Crippen molar-refractivity contribution in [3.8, 4) is 0 Å². The Hall–Kier alpha value is -0.840. The van der Waals surface area contributed by atoms with Crippen LogP contribution < -0.4 is 5.32 Å². The van der Waals surface area contributed by atoms with E-state index in [1.165, 1.54) is 12.0 Å². The predicted octanol–water partition coefficient (Wildman–Crippen LogP) is 3.03. The third kappa shape index (κ3) is 6.76. The van der Waals surface area contributed by atoms with E-state index < -0.39 is 0 Å². The summed E-state index contributed by atoms with van der Waals surface area (Å²) >= 11 is 0. The molecule has 0 bridgehead atoms. The molecular weight excluding hydrogens is 242 g/mol. The van der Waals surface area contributed by atoms with E-state index in [9.17, 15) is 0 Å². The largest absolute Gasteiger partial charge is 0.462 e. The molecule has 1 N–H and O–H groups in total. The van der Waals surface area contributed by atoms with E-state index in [1.807, 2.05) is 6.07 Å². The molecule has 0 unspecified atom stereocenters. The molecule has 0 aliphatic rings. The number of rotatable bonds is 11. The Morgan fingerprint density at radius 2 is 1.95 bits per heavy atom. The molecule has 4 nitrogen and oxygen atoms in total. The summed E-state index contributed by atoms with van der Waals surface area (Å²) in [5, 5.41) is 3.26. The van der Waals surface area contributed by atoms with Crippen molar-refractivity contribution < 1.29 is 13.9 Å². The fraction of sp³-hybridized carbons (Fsp3) is 0.733. The van der Waals surface area contributed by atoms with Gasteiger partial charge < -0.3 is 19.2 Å². The first-order valence-corrected chi connectivity index (χ1v) is 7.22. The molecule has 1 aromatic heterocycles. The number of ether oxygens (including phenoxy) is 2. The summed E-state index contributed by atoms with van der Waals surface area (Å²) in [7, 11) is 0. The second-order valence-corrected chi connectivity index (χ2v) is 4.62. The van der Waals surface area contributed by atoms with Gasteiger partial charge in [-0.25, -0.2) is 0 Å². The highest BCUT2D eigenvalue weighted by molar-refractivity contribution is 5.19. The van der Waals surface area contributed by atoms with Gasteiger partial charge in [-0.1, -0.05) is 20.3 Å². The molecule has 1 rings (SSSR count). The normalized spacial score (nSPS) is 11.1. The Balaban J connectivity index is 2.15. The van der Waals surface area contributed by atoms with E-state index in [4.69, 9.17) is 13.9 Å². The lowest BCUT2D eigenvalue weighted by Crippen LogP contribution is -2.11. The van der Waals surface area contributed by atoms with E-state index >= 15 is 0 Å². The highest BCUT2D eigenvalue weighted by Gasteiger charge is 2.06. The second-order valence-electron chi connectivity index (χ2n) is 4.62. The number of aryl methyl sites for hydroxylation is 1. The monoisotopic (exact) mass is 269 g/mol. The zero-order valence-electron chi connectivity index (χ0n) is 12.5. The van der Waals surface area contributed by atoms with Gasteiger partial charge in [0, 0.05) is 6.61 Å². The molecule has 4 heteroatoms. The predicted molar refractivity (Wildman–Crippen MR) is 76.2 cm³/mol. The van der Waals surface area contributed by atoms with Gasteiger partial charge in [-0.15, -0.1) is 0 Å². The summed E-state index contributed by atoms with van der Waals surface area (Å²) in [5.74, 6) is 1.89. The fourth-order valence-corrected chi connectivity index (χ4v) is 1.71. The summed E-state index contributed by atoms with van der Waals surface area (Å²) < 4.78 is 16.7. The molecular formula is C15H27NO3. The summed E-state index contributed by atoms with van der Waals surface area (Å²) in [6.45, 7) is 10.6. The Labute approximate surface area is 116 Å². The maximum absolute atomic E-state index is 5.73. The van der Waals surface area contributed by atoms with Gasteiger partial charge in [-0.2, -0.15) is 0 Å². The van der Waals surface area contributed by atoms with Crippen LogP contribution in [0.15, 0.2) is 10.5 Å². The Morgan fingerprint density at radius 3 is 2.68 bits per heavy atom. The summed E-state index contributed by atoms with van der Waals surface area (Å²) in [6.07, 6.45) is 2.28. The Kier molecular flexibility index (Phi) is 8.54. The highest BCUT2D eigenvalue weighted by atomic mass is 16.5. The molecule has 0 aliphatic heterocycles. The maximum atomic E-state index is 5.73. The van der Waals surface area contributed by atoms with Crippen LogP contribution in [0.5, 0.6) is 0 Å². The van der Waals surface area contributed by atoms with E-state index in [1.54, 1.807) is 0 Å². The molecule has 0 aliphatic carbocycles. The van der Waals surface area contributed by atoms with Crippen LogP contribution in [0.25, 0.3) is 0 Å². The van der Waals surface area contributed by atoms with Crippen LogP contribution >= 0.6 is 0 Å². The zero-order valence-corrected chi connectivity index (χ0v) is 12.5. The first-order chi connectivity index (χ1) is 9.27. The molecule has 19 heavy (non-hydrogen) atoms. The minimum atomic E-state index is 0.518. The summed E-state index contributed by atoms with van der Waals surface area (Å²) in [6, 6.07) is 2.05. The molecule has 0 saturated carbocycles. The molecule has 110 valence electrons. The Bertz CT molecular complexity index is 336. The van der Waals surface area contributed by atoms with E-state index in [-0.39, 0.29) is 0 Å². The van der Waals surface area contributed by atoms with Crippen LogP contribution in [-0.4, -0.2) is 26.4 Å². The molecule has 1 heterocycles. The van der Waals surface area contributed by atoms with Crippen LogP contribution in [0.2, 0.25) is 0 Å². The SMILES string of the molecule is CCCCOCCOCc1cc(C)c(CNCC)o1. The number of nitrogens with one attached hydrogen (secondary N) is 1. The van der Waals surface area contributed by atoms with Gasteiger partial charge in [0.1, 0.15) is 18.1 Å². The third-order valence-corrected chi connectivity index (χ3v) is 2.87. The fourth-order valence-electron chi connectivity index (χ4n) is 1.71. The van der Waals surface area contributed by atoms with E-state index in [2.05, 4.69) is 26.1 Å². The Morgan fingerprint density at radius 1 is 1.16 bits per heavy atom. The van der Waals surface area contributed by atoms with Crippen LogP contribution in [0.1, 0.15) is 43.8 Å². The smallest absolute Gasteiger partial charge is 0.130 e.